The summed E-state index contributed by atoms with van der Waals surface area (Å²) < 4.78 is 4.86. The van der Waals surface area contributed by atoms with Crippen LogP contribution in [-0.4, -0.2) is 24.3 Å². The number of carbonyl (C=O) groups is 3. The molecule has 0 aliphatic rings. The predicted octanol–water partition coefficient (Wildman–Crippen LogP) is 3.37. The van der Waals surface area contributed by atoms with Crippen LogP contribution in [0.2, 0.25) is 0 Å². The Morgan fingerprint density at radius 2 is 1.60 bits per heavy atom. The summed E-state index contributed by atoms with van der Waals surface area (Å²) in [7, 11) is 0. The number of ketones is 1. The Morgan fingerprint density at radius 1 is 0.960 bits per heavy atom. The molecule has 0 aliphatic heterocycles. The van der Waals surface area contributed by atoms with Gasteiger partial charge in [-0.1, -0.05) is 48.0 Å². The molecule has 5 heteroatoms. The second kappa shape index (κ2) is 8.59. The van der Waals surface area contributed by atoms with Gasteiger partial charge in [0.15, 0.2) is 12.4 Å². The maximum atomic E-state index is 12.6. The van der Waals surface area contributed by atoms with Crippen molar-refractivity contribution in [3.8, 4) is 0 Å². The molecule has 0 aromatic heterocycles. The van der Waals surface area contributed by atoms with E-state index in [-0.39, 0.29) is 5.78 Å². The van der Waals surface area contributed by atoms with E-state index in [1.54, 1.807) is 62.4 Å². The van der Waals surface area contributed by atoms with Crippen molar-refractivity contribution in [2.24, 2.45) is 0 Å². The zero-order valence-corrected chi connectivity index (χ0v) is 14.1. The van der Waals surface area contributed by atoms with Crippen LogP contribution in [0.5, 0.6) is 0 Å². The van der Waals surface area contributed by atoms with Crippen LogP contribution in [0, 0.1) is 0 Å². The molecule has 0 saturated heterocycles. The molecule has 0 saturated carbocycles. The molecule has 0 spiro atoms. The Labute approximate surface area is 146 Å². The number of ether oxygens (including phenoxy) is 1. The highest BCUT2D eigenvalue weighted by Crippen LogP contribution is 2.19. The van der Waals surface area contributed by atoms with E-state index in [9.17, 15) is 14.4 Å². The van der Waals surface area contributed by atoms with Gasteiger partial charge in [0, 0.05) is 17.2 Å². The monoisotopic (exact) mass is 337 g/mol. The quantitative estimate of drug-likeness (QED) is 0.498. The number of nitrogens with one attached hydrogen (secondary N) is 1. The summed E-state index contributed by atoms with van der Waals surface area (Å²) in [5.74, 6) is -1.29. The third kappa shape index (κ3) is 5.42. The standard InChI is InChI=1S/C20H19NO4/c1-14(2)12-19(23)25-13-18(22)21-17-11-7-6-10-16(17)20(24)15-8-4-3-5-9-15/h3-12H,13H2,1-2H3,(H,21,22). The Kier molecular flexibility index (Phi) is 6.23. The van der Waals surface area contributed by atoms with Gasteiger partial charge in [-0.2, -0.15) is 0 Å². The molecule has 0 aliphatic carbocycles. The molecule has 0 radical (unpaired) electrons. The maximum absolute atomic E-state index is 12.6. The van der Waals surface area contributed by atoms with Crippen molar-refractivity contribution in [3.63, 3.8) is 0 Å². The van der Waals surface area contributed by atoms with Crippen LogP contribution in [0.4, 0.5) is 5.69 Å². The Hall–Kier alpha value is -3.21. The second-order valence-electron chi connectivity index (χ2n) is 5.62. The van der Waals surface area contributed by atoms with Crippen molar-refractivity contribution in [2.45, 2.75) is 13.8 Å². The minimum Gasteiger partial charge on any atom is -0.452 e. The lowest BCUT2D eigenvalue weighted by atomic mass is 10.0. The van der Waals surface area contributed by atoms with E-state index < -0.39 is 18.5 Å². The highest BCUT2D eigenvalue weighted by molar-refractivity contribution is 6.13. The topological polar surface area (TPSA) is 72.5 Å². The number of hydrogen-bond acceptors (Lipinski definition) is 4. The zero-order valence-electron chi connectivity index (χ0n) is 14.1. The fourth-order valence-electron chi connectivity index (χ4n) is 2.14. The highest BCUT2D eigenvalue weighted by Gasteiger charge is 2.15. The Balaban J connectivity index is 2.08. The minimum absolute atomic E-state index is 0.196. The zero-order chi connectivity index (χ0) is 18.2. The summed E-state index contributed by atoms with van der Waals surface area (Å²) >= 11 is 0. The van der Waals surface area contributed by atoms with Crippen LogP contribution in [-0.2, 0) is 14.3 Å². The number of esters is 1. The molecule has 0 fully saturated rings. The van der Waals surface area contributed by atoms with E-state index in [4.69, 9.17) is 4.74 Å². The number of para-hydroxylation sites is 1. The first-order chi connectivity index (χ1) is 12.0. The van der Waals surface area contributed by atoms with Gasteiger partial charge in [0.1, 0.15) is 0 Å². The van der Waals surface area contributed by atoms with Crippen molar-refractivity contribution in [1.29, 1.82) is 0 Å². The fourth-order valence-corrected chi connectivity index (χ4v) is 2.14. The molecule has 0 bridgehead atoms. The van der Waals surface area contributed by atoms with E-state index in [2.05, 4.69) is 5.32 Å². The smallest absolute Gasteiger partial charge is 0.331 e. The van der Waals surface area contributed by atoms with Crippen LogP contribution < -0.4 is 5.32 Å². The van der Waals surface area contributed by atoms with Crippen molar-refractivity contribution < 1.29 is 19.1 Å². The van der Waals surface area contributed by atoms with Gasteiger partial charge in [0.05, 0.1) is 5.69 Å². The summed E-state index contributed by atoms with van der Waals surface area (Å²) in [6.07, 6.45) is 1.31. The average molecular weight is 337 g/mol. The molecule has 5 nitrogen and oxygen atoms in total. The molecular weight excluding hydrogens is 318 g/mol. The molecule has 0 atom stereocenters. The summed E-state index contributed by atoms with van der Waals surface area (Å²) in [6.45, 7) is 3.09. The lowest BCUT2D eigenvalue weighted by Gasteiger charge is -2.10. The molecule has 25 heavy (non-hydrogen) atoms. The van der Waals surface area contributed by atoms with E-state index in [1.807, 2.05) is 6.07 Å². The number of carbonyl (C=O) groups excluding carboxylic acids is 3. The molecule has 2 aromatic rings. The highest BCUT2D eigenvalue weighted by atomic mass is 16.5. The molecule has 1 amide bonds. The number of allylic oxidation sites excluding steroid dienone is 1. The van der Waals surface area contributed by atoms with Crippen LogP contribution in [0.3, 0.4) is 0 Å². The third-order valence-electron chi connectivity index (χ3n) is 3.23. The number of rotatable bonds is 6. The van der Waals surface area contributed by atoms with Gasteiger partial charge in [0.25, 0.3) is 5.91 Å². The number of amides is 1. The molecule has 0 heterocycles. The first-order valence-corrected chi connectivity index (χ1v) is 7.77. The molecule has 128 valence electrons. The van der Waals surface area contributed by atoms with E-state index in [0.29, 0.717) is 16.8 Å². The van der Waals surface area contributed by atoms with E-state index >= 15 is 0 Å². The first kappa shape index (κ1) is 18.1. The van der Waals surface area contributed by atoms with Gasteiger partial charge < -0.3 is 10.1 Å². The van der Waals surface area contributed by atoms with Gasteiger partial charge in [-0.25, -0.2) is 4.79 Å². The summed E-state index contributed by atoms with van der Waals surface area (Å²) in [5.41, 5.74) is 2.06. The summed E-state index contributed by atoms with van der Waals surface area (Å²) in [4.78, 5) is 36.0. The lowest BCUT2D eigenvalue weighted by Crippen LogP contribution is -2.21. The second-order valence-corrected chi connectivity index (χ2v) is 5.62. The van der Waals surface area contributed by atoms with E-state index in [1.165, 1.54) is 6.08 Å². The molecular formula is C20H19NO4. The summed E-state index contributed by atoms with van der Waals surface area (Å²) in [5, 5.41) is 2.61. The van der Waals surface area contributed by atoms with Crippen LogP contribution in [0.25, 0.3) is 0 Å². The molecule has 1 N–H and O–H groups in total. The summed E-state index contributed by atoms with van der Waals surface area (Å²) in [6, 6.07) is 15.5. The van der Waals surface area contributed by atoms with Crippen LogP contribution in [0.1, 0.15) is 29.8 Å². The van der Waals surface area contributed by atoms with Crippen molar-refractivity contribution in [2.75, 3.05) is 11.9 Å². The predicted molar refractivity (Wildman–Crippen MR) is 95.3 cm³/mol. The molecule has 2 rings (SSSR count). The van der Waals surface area contributed by atoms with Crippen molar-refractivity contribution >= 4 is 23.3 Å². The van der Waals surface area contributed by atoms with Crippen molar-refractivity contribution in [3.05, 3.63) is 77.4 Å². The molecule has 0 unspecified atom stereocenters. The Morgan fingerprint density at radius 3 is 2.28 bits per heavy atom. The number of hydrogen-bond donors (Lipinski definition) is 1. The normalized spacial score (nSPS) is 9.84. The van der Waals surface area contributed by atoms with Crippen LogP contribution >= 0.6 is 0 Å². The SMILES string of the molecule is CC(C)=CC(=O)OCC(=O)Nc1ccccc1C(=O)c1ccccc1. The lowest BCUT2D eigenvalue weighted by molar-refractivity contribution is -0.142. The van der Waals surface area contributed by atoms with E-state index in [0.717, 1.165) is 5.57 Å². The maximum Gasteiger partial charge on any atom is 0.331 e. The van der Waals surface area contributed by atoms with Gasteiger partial charge in [-0.05, 0) is 26.0 Å². The minimum atomic E-state index is -0.580. The van der Waals surface area contributed by atoms with Gasteiger partial charge in [-0.3, -0.25) is 9.59 Å². The van der Waals surface area contributed by atoms with Gasteiger partial charge in [-0.15, -0.1) is 0 Å². The Bertz CT molecular complexity index is 805. The third-order valence-corrected chi connectivity index (χ3v) is 3.23. The fraction of sp³-hybridized carbons (Fsp3) is 0.150. The largest absolute Gasteiger partial charge is 0.452 e. The number of benzene rings is 2. The van der Waals surface area contributed by atoms with Gasteiger partial charge in [0.2, 0.25) is 0 Å². The molecule has 2 aromatic carbocycles. The first-order valence-electron chi connectivity index (χ1n) is 7.77. The average Bonchev–Trinajstić information content (AvgIpc) is 2.60. The van der Waals surface area contributed by atoms with Crippen LogP contribution in [0.15, 0.2) is 66.2 Å². The van der Waals surface area contributed by atoms with Gasteiger partial charge >= 0.3 is 5.97 Å². The number of anilines is 1. The van der Waals surface area contributed by atoms with Crippen molar-refractivity contribution in [1.82, 2.24) is 0 Å².